The van der Waals surface area contributed by atoms with Gasteiger partial charge < -0.3 is 13.9 Å². The highest BCUT2D eigenvalue weighted by Crippen LogP contribution is 2.33. The lowest BCUT2D eigenvalue weighted by molar-refractivity contribution is 0.340. The fraction of sp³-hybridized carbons (Fsp3) is 0.167. The van der Waals surface area contributed by atoms with Crippen molar-refractivity contribution < 1.29 is 18.3 Å². The molecule has 0 aliphatic carbocycles. The zero-order chi connectivity index (χ0) is 17.3. The largest absolute Gasteiger partial charge is 0.494 e. The minimum absolute atomic E-state index is 0.0700. The average molecular weight is 349 g/mol. The molecule has 3 aromatic rings. The summed E-state index contributed by atoms with van der Waals surface area (Å²) in [6, 6.07) is 9.02. The monoisotopic (exact) mass is 348 g/mol. The van der Waals surface area contributed by atoms with Gasteiger partial charge in [0.05, 0.1) is 17.0 Å². The predicted molar refractivity (Wildman–Crippen MR) is 89.9 cm³/mol. The molecule has 2 aromatic carbocycles. The summed E-state index contributed by atoms with van der Waals surface area (Å²) in [5.74, 6) is -0.148. The molecule has 24 heavy (non-hydrogen) atoms. The molecule has 0 atom stereocenters. The molecule has 0 radical (unpaired) electrons. The second-order valence-electron chi connectivity index (χ2n) is 5.06. The molecule has 0 spiro atoms. The number of fused-ring (bicyclic) bond motifs is 1. The number of aryl methyl sites for hydroxylation is 1. The van der Waals surface area contributed by atoms with E-state index < -0.39 is 11.2 Å². The van der Waals surface area contributed by atoms with Crippen LogP contribution in [0.1, 0.15) is 12.7 Å². The molecule has 0 saturated carbocycles. The normalized spacial score (nSPS) is 10.8. The van der Waals surface area contributed by atoms with Gasteiger partial charge in [-0.2, -0.15) is 0 Å². The Kier molecular flexibility index (Phi) is 4.44. The SMILES string of the molecule is CCOc1ccc2c(=O)c(Oc3c(F)cccc3Cl)c(C)oc2c1. The molecule has 0 fully saturated rings. The highest BCUT2D eigenvalue weighted by atomic mass is 35.5. The van der Waals surface area contributed by atoms with E-state index in [1.165, 1.54) is 18.2 Å². The first kappa shape index (κ1) is 16.3. The van der Waals surface area contributed by atoms with Crippen LogP contribution in [0.5, 0.6) is 17.2 Å². The topological polar surface area (TPSA) is 48.7 Å². The highest BCUT2D eigenvalue weighted by molar-refractivity contribution is 6.32. The van der Waals surface area contributed by atoms with Gasteiger partial charge in [-0.3, -0.25) is 4.79 Å². The maximum absolute atomic E-state index is 13.9. The number of para-hydroxylation sites is 1. The van der Waals surface area contributed by atoms with Gasteiger partial charge in [-0.15, -0.1) is 0 Å². The van der Waals surface area contributed by atoms with E-state index in [1.807, 2.05) is 6.92 Å². The maximum atomic E-state index is 13.9. The van der Waals surface area contributed by atoms with Crippen molar-refractivity contribution in [1.29, 1.82) is 0 Å². The van der Waals surface area contributed by atoms with Gasteiger partial charge in [0.1, 0.15) is 17.1 Å². The lowest BCUT2D eigenvalue weighted by Gasteiger charge is -2.11. The van der Waals surface area contributed by atoms with E-state index in [9.17, 15) is 9.18 Å². The number of rotatable bonds is 4. The van der Waals surface area contributed by atoms with Crippen LogP contribution in [0.25, 0.3) is 11.0 Å². The van der Waals surface area contributed by atoms with Crippen molar-refractivity contribution in [2.45, 2.75) is 13.8 Å². The average Bonchev–Trinajstić information content (AvgIpc) is 2.54. The van der Waals surface area contributed by atoms with E-state index in [-0.39, 0.29) is 22.3 Å². The van der Waals surface area contributed by atoms with Gasteiger partial charge in [0.2, 0.25) is 11.2 Å². The summed E-state index contributed by atoms with van der Waals surface area (Å²) in [7, 11) is 0. The van der Waals surface area contributed by atoms with Crippen molar-refractivity contribution >= 4 is 22.6 Å². The van der Waals surface area contributed by atoms with E-state index >= 15 is 0 Å². The second-order valence-corrected chi connectivity index (χ2v) is 5.47. The van der Waals surface area contributed by atoms with Gasteiger partial charge in [0.15, 0.2) is 11.6 Å². The van der Waals surface area contributed by atoms with Crippen molar-refractivity contribution in [2.75, 3.05) is 6.61 Å². The molecule has 0 aliphatic heterocycles. The standard InChI is InChI=1S/C18H14ClFO4/c1-3-22-11-7-8-12-15(9-11)23-10(2)17(16(12)21)24-18-13(19)5-4-6-14(18)20/h4-9H,3H2,1-2H3. The van der Waals surface area contributed by atoms with Crippen LogP contribution in [-0.2, 0) is 0 Å². The Morgan fingerprint density at radius 2 is 2.00 bits per heavy atom. The molecule has 1 heterocycles. The lowest BCUT2D eigenvalue weighted by atomic mass is 10.2. The number of hydrogen-bond acceptors (Lipinski definition) is 4. The van der Waals surface area contributed by atoms with Crippen LogP contribution < -0.4 is 14.9 Å². The molecule has 0 saturated heterocycles. The summed E-state index contributed by atoms with van der Waals surface area (Å²) in [4.78, 5) is 12.7. The molecule has 1 aromatic heterocycles. The Morgan fingerprint density at radius 3 is 2.71 bits per heavy atom. The molecule has 0 N–H and O–H groups in total. The van der Waals surface area contributed by atoms with Gasteiger partial charge in [-0.25, -0.2) is 4.39 Å². The van der Waals surface area contributed by atoms with Crippen LogP contribution in [0.4, 0.5) is 4.39 Å². The van der Waals surface area contributed by atoms with Crippen molar-refractivity contribution in [2.24, 2.45) is 0 Å². The first-order valence-electron chi connectivity index (χ1n) is 7.33. The van der Waals surface area contributed by atoms with Gasteiger partial charge in [-0.1, -0.05) is 17.7 Å². The third-order valence-corrected chi connectivity index (χ3v) is 3.72. The fourth-order valence-corrected chi connectivity index (χ4v) is 2.53. The molecule has 0 bridgehead atoms. The summed E-state index contributed by atoms with van der Waals surface area (Å²) < 4.78 is 30.4. The molecular formula is C18H14ClFO4. The molecule has 0 amide bonds. The van der Waals surface area contributed by atoms with Crippen molar-refractivity contribution in [3.05, 3.63) is 63.2 Å². The van der Waals surface area contributed by atoms with Gasteiger partial charge in [0, 0.05) is 6.07 Å². The quantitative estimate of drug-likeness (QED) is 0.659. The van der Waals surface area contributed by atoms with Crippen LogP contribution in [0, 0.1) is 12.7 Å². The first-order valence-corrected chi connectivity index (χ1v) is 7.71. The van der Waals surface area contributed by atoms with Crippen LogP contribution in [0.2, 0.25) is 5.02 Å². The zero-order valence-corrected chi connectivity index (χ0v) is 13.8. The summed E-state index contributed by atoms with van der Waals surface area (Å²) in [5.41, 5.74) is -0.0356. The zero-order valence-electron chi connectivity index (χ0n) is 13.1. The number of halogens is 2. The van der Waals surface area contributed by atoms with E-state index in [4.69, 9.17) is 25.5 Å². The summed E-state index contributed by atoms with van der Waals surface area (Å²) in [6.45, 7) is 3.93. The highest BCUT2D eigenvalue weighted by Gasteiger charge is 2.17. The smallest absolute Gasteiger partial charge is 0.235 e. The second kappa shape index (κ2) is 6.53. The van der Waals surface area contributed by atoms with Crippen molar-refractivity contribution in [3.63, 3.8) is 0 Å². The Balaban J connectivity index is 2.12. The Morgan fingerprint density at radius 1 is 1.21 bits per heavy atom. The lowest BCUT2D eigenvalue weighted by Crippen LogP contribution is -2.08. The maximum Gasteiger partial charge on any atom is 0.235 e. The van der Waals surface area contributed by atoms with Crippen LogP contribution in [0.15, 0.2) is 45.6 Å². The molecule has 6 heteroatoms. The Hall–Kier alpha value is -2.53. The third-order valence-electron chi connectivity index (χ3n) is 3.42. The molecular weight excluding hydrogens is 335 g/mol. The van der Waals surface area contributed by atoms with Crippen LogP contribution in [-0.4, -0.2) is 6.61 Å². The molecule has 4 nitrogen and oxygen atoms in total. The third kappa shape index (κ3) is 2.95. The first-order chi connectivity index (χ1) is 11.5. The Bertz CT molecular complexity index is 945. The summed E-state index contributed by atoms with van der Waals surface area (Å²) in [6.07, 6.45) is 0. The van der Waals surface area contributed by atoms with Gasteiger partial charge in [0.25, 0.3) is 0 Å². The van der Waals surface area contributed by atoms with E-state index in [1.54, 1.807) is 25.1 Å². The summed E-state index contributed by atoms with van der Waals surface area (Å²) in [5, 5.41) is 0.382. The fourth-order valence-electron chi connectivity index (χ4n) is 2.32. The number of hydrogen-bond donors (Lipinski definition) is 0. The van der Waals surface area contributed by atoms with E-state index in [0.717, 1.165) is 0 Å². The number of benzene rings is 2. The van der Waals surface area contributed by atoms with Crippen LogP contribution in [0.3, 0.4) is 0 Å². The molecule has 0 unspecified atom stereocenters. The summed E-state index contributed by atoms with van der Waals surface area (Å²) >= 11 is 5.94. The molecule has 0 aliphatic rings. The minimum Gasteiger partial charge on any atom is -0.494 e. The van der Waals surface area contributed by atoms with Gasteiger partial charge >= 0.3 is 0 Å². The van der Waals surface area contributed by atoms with Crippen LogP contribution >= 0.6 is 11.6 Å². The van der Waals surface area contributed by atoms with Crippen molar-refractivity contribution in [3.8, 4) is 17.2 Å². The molecule has 124 valence electrons. The predicted octanol–water partition coefficient (Wildman–Crippen LogP) is 5.08. The minimum atomic E-state index is -0.659. The van der Waals surface area contributed by atoms with E-state index in [2.05, 4.69) is 0 Å². The Labute approximate surface area is 142 Å². The molecule has 3 rings (SSSR count). The van der Waals surface area contributed by atoms with Crippen molar-refractivity contribution in [1.82, 2.24) is 0 Å². The van der Waals surface area contributed by atoms with Gasteiger partial charge in [-0.05, 0) is 38.1 Å². The van der Waals surface area contributed by atoms with E-state index in [0.29, 0.717) is 23.3 Å². The number of ether oxygens (including phenoxy) is 2.